The molecular weight excluding hydrogens is 366 g/mol. The summed E-state index contributed by atoms with van der Waals surface area (Å²) in [5.74, 6) is 2.89. The van der Waals surface area contributed by atoms with Crippen molar-refractivity contribution in [2.24, 2.45) is 0 Å². The summed E-state index contributed by atoms with van der Waals surface area (Å²) < 4.78 is 10.9. The van der Waals surface area contributed by atoms with E-state index in [4.69, 9.17) is 9.47 Å². The highest BCUT2D eigenvalue weighted by Gasteiger charge is 2.21. The van der Waals surface area contributed by atoms with Gasteiger partial charge in [0.05, 0.1) is 20.4 Å². The van der Waals surface area contributed by atoms with Crippen molar-refractivity contribution in [1.82, 2.24) is 15.2 Å². The molecule has 29 heavy (non-hydrogen) atoms. The molecule has 0 fully saturated rings. The number of benzene rings is 2. The molecule has 0 bridgehead atoms. The zero-order valence-electron chi connectivity index (χ0n) is 16.8. The lowest BCUT2D eigenvalue weighted by atomic mass is 9.99. The van der Waals surface area contributed by atoms with Gasteiger partial charge in [0.2, 0.25) is 5.95 Å². The molecular formula is C22H25N5O2. The summed E-state index contributed by atoms with van der Waals surface area (Å²) in [7, 11) is 3.32. The highest BCUT2D eigenvalue weighted by Crippen LogP contribution is 2.34. The molecule has 1 aliphatic heterocycles. The van der Waals surface area contributed by atoms with Crippen LogP contribution in [0.5, 0.6) is 11.5 Å². The predicted octanol–water partition coefficient (Wildman–Crippen LogP) is 3.11. The van der Waals surface area contributed by atoms with E-state index in [-0.39, 0.29) is 0 Å². The Bertz CT molecular complexity index is 965. The minimum atomic E-state index is 0.552. The van der Waals surface area contributed by atoms with Gasteiger partial charge in [-0.05, 0) is 41.7 Å². The average Bonchev–Trinajstić information content (AvgIpc) is 2.78. The fraction of sp³-hybridized carbons (Fsp3) is 0.318. The Morgan fingerprint density at radius 1 is 1.03 bits per heavy atom. The van der Waals surface area contributed by atoms with E-state index in [2.05, 4.69) is 43.6 Å². The number of hydrogen-bond acceptors (Lipinski definition) is 7. The quantitative estimate of drug-likeness (QED) is 0.663. The number of hydrogen-bond donors (Lipinski definition) is 1. The van der Waals surface area contributed by atoms with Crippen LogP contribution in [-0.4, -0.2) is 42.5 Å². The molecule has 0 spiro atoms. The molecule has 1 aromatic heterocycles. The highest BCUT2D eigenvalue weighted by molar-refractivity contribution is 5.52. The molecule has 2 aromatic carbocycles. The molecule has 0 amide bonds. The number of fused-ring (bicyclic) bond motifs is 1. The summed E-state index contributed by atoms with van der Waals surface area (Å²) >= 11 is 0. The van der Waals surface area contributed by atoms with E-state index in [1.807, 2.05) is 24.3 Å². The van der Waals surface area contributed by atoms with Crippen LogP contribution in [0.2, 0.25) is 0 Å². The van der Waals surface area contributed by atoms with E-state index in [1.54, 1.807) is 20.4 Å². The van der Waals surface area contributed by atoms with E-state index in [0.717, 1.165) is 49.8 Å². The molecule has 0 radical (unpaired) electrons. The molecule has 7 nitrogen and oxygen atoms in total. The Kier molecular flexibility index (Phi) is 5.74. The molecule has 3 aromatic rings. The lowest BCUT2D eigenvalue weighted by molar-refractivity contribution is 0.353. The maximum Gasteiger partial charge on any atom is 0.244 e. The van der Waals surface area contributed by atoms with E-state index in [0.29, 0.717) is 5.95 Å². The van der Waals surface area contributed by atoms with Gasteiger partial charge in [0.15, 0.2) is 17.3 Å². The maximum absolute atomic E-state index is 5.45. The van der Waals surface area contributed by atoms with Crippen molar-refractivity contribution < 1.29 is 9.47 Å². The largest absolute Gasteiger partial charge is 0.493 e. The molecule has 0 unspecified atom stereocenters. The summed E-state index contributed by atoms with van der Waals surface area (Å²) in [4.78, 5) is 6.88. The number of nitrogens with one attached hydrogen (secondary N) is 1. The summed E-state index contributed by atoms with van der Waals surface area (Å²) in [6.07, 6.45) is 3.54. The fourth-order valence-corrected chi connectivity index (χ4v) is 3.56. The zero-order chi connectivity index (χ0) is 20.1. The molecule has 2 heterocycles. The Morgan fingerprint density at radius 2 is 1.79 bits per heavy atom. The SMILES string of the molecule is COc1cc2c(cc1OC)CN(c1cnnc(NCCc3ccccc3)n1)CC2. The van der Waals surface area contributed by atoms with Crippen molar-refractivity contribution >= 4 is 11.8 Å². The van der Waals surface area contributed by atoms with Gasteiger partial charge in [-0.25, -0.2) is 0 Å². The minimum Gasteiger partial charge on any atom is -0.493 e. The smallest absolute Gasteiger partial charge is 0.244 e. The molecule has 1 N–H and O–H groups in total. The van der Waals surface area contributed by atoms with Crippen LogP contribution in [0.25, 0.3) is 0 Å². The normalized spacial score (nSPS) is 13.0. The molecule has 150 valence electrons. The monoisotopic (exact) mass is 391 g/mol. The second kappa shape index (κ2) is 8.77. The van der Waals surface area contributed by atoms with Crippen LogP contribution >= 0.6 is 0 Å². The third-order valence-corrected chi connectivity index (χ3v) is 5.13. The van der Waals surface area contributed by atoms with Crippen LogP contribution in [-0.2, 0) is 19.4 Å². The molecule has 4 rings (SSSR count). The summed E-state index contributed by atoms with van der Waals surface area (Å²) in [5, 5.41) is 11.5. The molecule has 0 atom stereocenters. The molecule has 0 saturated carbocycles. The van der Waals surface area contributed by atoms with E-state index >= 15 is 0 Å². The van der Waals surface area contributed by atoms with Crippen molar-refractivity contribution in [3.63, 3.8) is 0 Å². The second-order valence-electron chi connectivity index (χ2n) is 6.95. The van der Waals surface area contributed by atoms with Gasteiger partial charge in [-0.15, -0.1) is 5.10 Å². The van der Waals surface area contributed by atoms with Gasteiger partial charge in [0, 0.05) is 19.6 Å². The maximum atomic E-state index is 5.45. The lowest BCUT2D eigenvalue weighted by Crippen LogP contribution is -2.31. The Morgan fingerprint density at radius 3 is 2.55 bits per heavy atom. The minimum absolute atomic E-state index is 0.552. The Labute approximate surface area is 170 Å². The lowest BCUT2D eigenvalue weighted by Gasteiger charge is -2.30. The van der Waals surface area contributed by atoms with E-state index in [9.17, 15) is 0 Å². The number of methoxy groups -OCH3 is 2. The first-order valence-corrected chi connectivity index (χ1v) is 9.73. The first-order valence-electron chi connectivity index (χ1n) is 9.73. The van der Waals surface area contributed by atoms with Crippen molar-refractivity contribution in [3.8, 4) is 11.5 Å². The number of aromatic nitrogens is 3. The standard InChI is InChI=1S/C22H25N5O2/c1-28-19-12-17-9-11-27(15-18(17)13-20(19)29-2)21-14-24-26-22(25-21)23-10-8-16-6-4-3-5-7-16/h3-7,12-14H,8-11,15H2,1-2H3,(H,23,25,26). The molecule has 0 saturated heterocycles. The molecule has 1 aliphatic rings. The van der Waals surface area contributed by atoms with Crippen LogP contribution in [0.15, 0.2) is 48.7 Å². The Balaban J connectivity index is 1.43. The van der Waals surface area contributed by atoms with Gasteiger partial charge in [0.25, 0.3) is 0 Å². The van der Waals surface area contributed by atoms with Gasteiger partial charge in [-0.2, -0.15) is 10.1 Å². The number of rotatable bonds is 7. The van der Waals surface area contributed by atoms with Gasteiger partial charge in [-0.1, -0.05) is 30.3 Å². The number of ether oxygens (including phenoxy) is 2. The zero-order valence-corrected chi connectivity index (χ0v) is 16.8. The summed E-state index contributed by atoms with van der Waals surface area (Å²) in [6.45, 7) is 2.37. The molecule has 0 aliphatic carbocycles. The van der Waals surface area contributed by atoms with Crippen LogP contribution < -0.4 is 19.7 Å². The summed E-state index contributed by atoms with van der Waals surface area (Å²) in [6, 6.07) is 14.5. The van der Waals surface area contributed by atoms with E-state index < -0.39 is 0 Å². The third kappa shape index (κ3) is 4.39. The average molecular weight is 391 g/mol. The van der Waals surface area contributed by atoms with Crippen LogP contribution in [0.3, 0.4) is 0 Å². The van der Waals surface area contributed by atoms with Crippen molar-refractivity contribution in [2.75, 3.05) is 37.5 Å². The van der Waals surface area contributed by atoms with Crippen LogP contribution in [0.1, 0.15) is 16.7 Å². The summed E-state index contributed by atoms with van der Waals surface area (Å²) in [5.41, 5.74) is 3.77. The van der Waals surface area contributed by atoms with E-state index in [1.165, 1.54) is 16.7 Å². The van der Waals surface area contributed by atoms with Gasteiger partial charge in [-0.3, -0.25) is 0 Å². The van der Waals surface area contributed by atoms with Gasteiger partial charge in [0.1, 0.15) is 0 Å². The van der Waals surface area contributed by atoms with Crippen LogP contribution in [0.4, 0.5) is 11.8 Å². The van der Waals surface area contributed by atoms with Crippen LogP contribution in [0, 0.1) is 0 Å². The van der Waals surface area contributed by atoms with Crippen molar-refractivity contribution in [3.05, 3.63) is 65.4 Å². The Hall–Kier alpha value is -3.35. The van der Waals surface area contributed by atoms with Gasteiger partial charge < -0.3 is 19.7 Å². The topological polar surface area (TPSA) is 72.4 Å². The number of nitrogens with zero attached hydrogens (tertiary/aromatic N) is 4. The van der Waals surface area contributed by atoms with Gasteiger partial charge >= 0.3 is 0 Å². The fourth-order valence-electron chi connectivity index (χ4n) is 3.56. The first-order chi connectivity index (χ1) is 14.3. The van der Waals surface area contributed by atoms with Crippen molar-refractivity contribution in [2.45, 2.75) is 19.4 Å². The third-order valence-electron chi connectivity index (χ3n) is 5.13. The molecule has 7 heteroatoms. The first kappa shape index (κ1) is 19.0. The highest BCUT2D eigenvalue weighted by atomic mass is 16.5. The second-order valence-corrected chi connectivity index (χ2v) is 6.95. The predicted molar refractivity (Wildman–Crippen MR) is 113 cm³/mol. The number of anilines is 2. The van der Waals surface area contributed by atoms with Crippen molar-refractivity contribution in [1.29, 1.82) is 0 Å².